The van der Waals surface area contributed by atoms with E-state index < -0.39 is 56.5 Å². The van der Waals surface area contributed by atoms with Crippen molar-refractivity contribution in [1.82, 2.24) is 79.8 Å². The maximum absolute atomic E-state index is 12.8. The fourth-order valence-electron chi connectivity index (χ4n) is 20.0. The Morgan fingerprint density at radius 3 is 1.20 bits per heavy atom. The van der Waals surface area contributed by atoms with Gasteiger partial charge in [-0.15, -0.1) is 69.0 Å². The predicted octanol–water partition coefficient (Wildman–Crippen LogP) is 21.5. The minimum atomic E-state index is -4.26. The standard InChI is InChI=1S/C25H25F3N4S.C21H25N5S.2C20H22F3N5S.C20H21F3N4OS/c1-2-17-11-21(17)18-5-3-16(4-6-18)14-32-9-7-19(8-10-32)31-23-22-12-20(13-25(26,27)28)33-24(22)30-15-29-23;1-2-18-17-12-24-26(20-19(17)21(27-18)23-14-22-20)16-8-10-25(11-9-16)13-15-6-4-3-5-7-15;21-20(22,23)10-16-9-17-18(25-12-26-19(17)29-16)27-15-4-6-28(7-5-15)11-13-2-1-3-14(24)8-13;21-20(22,23)9-14-8-15-18(25-12-26-19(15)29-14)27-17-6-7-28(11-16(17)24)10-13-4-2-1-3-5-13;21-20(22,23)9-14-8-15-18(24-12-25-19(15)29-14)26-16-6-7-27(11-17(16)28)10-13-4-2-1-3-5-13/h1,3-6,12,15,17,19,21H,7-11,13-14H2,(H,29,30,31);3-7,14,16,24H,2,8-13H2,1H3;1-3,8-9,12,15H,4-7,10-11,24H2,(H,25,26,27);1-5,8,12,16-17H,6-7,9-11,24H2,(H,25,26,27);1-5,8,12,16-17,28H,6-7,9-11H2,(H,24,25,26)/t17-,21+;;;2*16-,17-/m1..01/s1. The molecule has 6 atom stereocenters. The maximum Gasteiger partial charge on any atom is 0.393 e. The summed E-state index contributed by atoms with van der Waals surface area (Å²) in [4.78, 5) is 60.5. The zero-order valence-corrected chi connectivity index (χ0v) is 84.9. The van der Waals surface area contributed by atoms with Crippen molar-refractivity contribution in [2.75, 3.05) is 97.5 Å². The number of aliphatic hydroxyl groups excluding tert-OH is 1. The number of β-amino-alcohol motifs (C(OH)–C–C–N with tert-alkyl or cyclic N) is 1. The van der Waals surface area contributed by atoms with E-state index in [4.69, 9.17) is 17.9 Å². The van der Waals surface area contributed by atoms with Gasteiger partial charge < -0.3 is 37.8 Å². The van der Waals surface area contributed by atoms with Crippen molar-refractivity contribution < 1.29 is 57.8 Å². The summed E-state index contributed by atoms with van der Waals surface area (Å²) in [7, 11) is 0. The molecule has 10 aromatic heterocycles. The lowest BCUT2D eigenvalue weighted by molar-refractivity contribution is -0.127. The summed E-state index contributed by atoms with van der Waals surface area (Å²) < 4.78 is 153. The number of aliphatic hydroxyl groups is 1. The fourth-order valence-corrected chi connectivity index (χ4v) is 25.2. The number of fused-ring (bicyclic) bond motifs is 4. The number of likely N-dealkylation sites (tertiary alicyclic amines) is 5. The van der Waals surface area contributed by atoms with Gasteiger partial charge in [-0.2, -0.15) is 52.7 Å². The maximum atomic E-state index is 12.8. The number of nitrogen functional groups attached to an aromatic ring is 1. The Hall–Kier alpha value is -11.5. The summed E-state index contributed by atoms with van der Waals surface area (Å²) in [5.74, 6) is 7.14. The van der Waals surface area contributed by atoms with Crippen molar-refractivity contribution in [2.24, 2.45) is 11.7 Å². The molecule has 0 radical (unpaired) electrons. The molecule has 24 nitrogen and oxygen atoms in total. The molecule has 41 heteroatoms. The molecule has 16 heterocycles. The van der Waals surface area contributed by atoms with Crippen LogP contribution in [0.15, 0.2) is 195 Å². The van der Waals surface area contributed by atoms with E-state index in [1.165, 1.54) is 86.6 Å². The smallest absolute Gasteiger partial charge is 0.393 e. The van der Waals surface area contributed by atoms with Crippen LogP contribution in [0.4, 0.5) is 87.5 Å². The fraction of sp³-hybridized carbons (Fsp3) is 0.415. The largest absolute Gasteiger partial charge is 0.399 e. The molecular formula is C106H115F12N23OS5. The highest BCUT2D eigenvalue weighted by atomic mass is 32.1. The first-order valence-corrected chi connectivity index (χ1v) is 53.5. The second-order valence-electron chi connectivity index (χ2n) is 38.5. The molecule has 0 unspecified atom stereocenters. The van der Waals surface area contributed by atoms with Gasteiger partial charge in [-0.1, -0.05) is 134 Å². The lowest BCUT2D eigenvalue weighted by Crippen LogP contribution is -2.53. The number of aryl methyl sites for hydroxylation is 1. The first kappa shape index (κ1) is 105. The molecule has 1 saturated carbocycles. The van der Waals surface area contributed by atoms with Crippen LogP contribution in [-0.2, 0) is 71.4 Å². The molecule has 5 aromatic carbocycles. The zero-order valence-electron chi connectivity index (χ0n) is 80.8. The van der Waals surface area contributed by atoms with Crippen LogP contribution in [0.2, 0.25) is 0 Å². The number of anilines is 6. The number of alkyl halides is 12. The number of terminal acetylenes is 1. The van der Waals surface area contributed by atoms with Crippen LogP contribution in [0.3, 0.4) is 0 Å². The molecule has 10 N–H and O–H groups in total. The highest BCUT2D eigenvalue weighted by Gasteiger charge is 2.40. The number of rotatable bonds is 25. The van der Waals surface area contributed by atoms with E-state index in [0.717, 1.165) is 218 Å². The van der Waals surface area contributed by atoms with E-state index in [-0.39, 0.29) is 49.7 Å². The van der Waals surface area contributed by atoms with E-state index in [9.17, 15) is 57.8 Å². The highest BCUT2D eigenvalue weighted by molar-refractivity contribution is 7.20. The second-order valence-corrected chi connectivity index (χ2v) is 44.0. The first-order chi connectivity index (χ1) is 70.8. The SMILES string of the molecule is C#C[C@@H]1C[C@@H]1c1ccc(CN2CCC(Nc3ncnc4sc(CC(F)(F)F)cc34)CC2)cc1.CCc1sc2ncnc3c2c1CNN3C1CCN(Cc2ccccc2)CC1.N[C@H]1CN(Cc2ccccc2)CC[C@@H]1Nc1ncnc2sc(CC(F)(F)F)cc12.Nc1cccc(CN2CCC(Nc3ncnc4sc(CC(F)(F)F)cc34)CC2)c1.O[C@@H]1CN(Cc2ccccc2)CC[C@H]1Nc1ncnc2sc(CC(F)(F)F)cc12. The lowest BCUT2D eigenvalue weighted by atomic mass is 9.99. The van der Waals surface area contributed by atoms with Gasteiger partial charge >= 0.3 is 24.7 Å². The van der Waals surface area contributed by atoms with Gasteiger partial charge in [0, 0.05) is 171 Å². The average Bonchev–Trinajstić information content (AvgIpc) is 1.69. The Bertz CT molecular complexity index is 6730. The van der Waals surface area contributed by atoms with Crippen molar-refractivity contribution in [1.29, 1.82) is 0 Å². The Kier molecular flexibility index (Phi) is 34.1. The highest BCUT2D eigenvalue weighted by Crippen LogP contribution is 2.48. The van der Waals surface area contributed by atoms with Gasteiger partial charge in [0.05, 0.1) is 64.8 Å². The van der Waals surface area contributed by atoms with Crippen molar-refractivity contribution in [2.45, 2.75) is 209 Å². The van der Waals surface area contributed by atoms with Crippen molar-refractivity contribution in [3.63, 3.8) is 0 Å². The molecule has 0 spiro atoms. The summed E-state index contributed by atoms with van der Waals surface area (Å²) in [5, 5.41) is 30.2. The number of nitrogens with one attached hydrogen (secondary N) is 5. The van der Waals surface area contributed by atoms with Gasteiger partial charge in [0.15, 0.2) is 5.82 Å². The zero-order chi connectivity index (χ0) is 103. The summed E-state index contributed by atoms with van der Waals surface area (Å²) in [6.45, 7) is 16.6. The Balaban J connectivity index is 0.000000121. The van der Waals surface area contributed by atoms with Crippen molar-refractivity contribution >= 4 is 143 Å². The second kappa shape index (κ2) is 47.6. The topological polar surface area (TPSA) is 281 Å². The number of hydrazine groups is 1. The van der Waals surface area contributed by atoms with Crippen LogP contribution in [0.1, 0.15) is 134 Å². The molecule has 147 heavy (non-hydrogen) atoms. The number of nitrogens with two attached hydrogens (primary N) is 2. The minimum absolute atomic E-state index is 0.00564. The van der Waals surface area contributed by atoms with Crippen LogP contribution < -0.4 is 43.2 Å². The molecular weight excluding hydrogens is 2000 g/mol. The molecule has 0 bridgehead atoms. The van der Waals surface area contributed by atoms with Gasteiger partial charge in [-0.25, -0.2) is 55.3 Å². The number of halogens is 12. The first-order valence-electron chi connectivity index (χ1n) is 49.4. The van der Waals surface area contributed by atoms with Gasteiger partial charge in [-0.3, -0.25) is 29.5 Å². The van der Waals surface area contributed by atoms with E-state index in [0.29, 0.717) is 95.0 Å². The summed E-state index contributed by atoms with van der Waals surface area (Å²) in [5.41, 5.74) is 25.8. The van der Waals surface area contributed by atoms with Crippen molar-refractivity contribution in [3.05, 3.63) is 259 Å². The van der Waals surface area contributed by atoms with E-state index in [1.807, 2.05) is 65.9 Å². The molecule has 22 rings (SSSR count). The van der Waals surface area contributed by atoms with Crippen LogP contribution in [0, 0.1) is 18.3 Å². The number of nitrogens with zero attached hydrogens (tertiary/aromatic N) is 16. The molecule has 774 valence electrons. The molecule has 0 amide bonds. The van der Waals surface area contributed by atoms with E-state index in [1.54, 1.807) is 18.5 Å². The molecule has 5 saturated heterocycles. The van der Waals surface area contributed by atoms with Crippen molar-refractivity contribution in [3.8, 4) is 12.3 Å². The number of piperidine rings is 5. The summed E-state index contributed by atoms with van der Waals surface area (Å²) in [6.07, 6.45) is 1.25. The van der Waals surface area contributed by atoms with Crippen LogP contribution in [0.25, 0.3) is 51.1 Å². The van der Waals surface area contributed by atoms with Gasteiger partial charge in [0.1, 0.15) is 79.1 Å². The minimum Gasteiger partial charge on any atom is -0.399 e. The summed E-state index contributed by atoms with van der Waals surface area (Å²) in [6, 6.07) is 54.7. The monoisotopic (exact) mass is 2110 g/mol. The van der Waals surface area contributed by atoms with Gasteiger partial charge in [0.25, 0.3) is 0 Å². The molecule has 7 aliphatic rings. The quantitative estimate of drug-likeness (QED) is 0.0150. The number of hydrogen-bond donors (Lipinski definition) is 8. The third-order valence-electron chi connectivity index (χ3n) is 27.4. The predicted molar refractivity (Wildman–Crippen MR) is 562 cm³/mol. The van der Waals surface area contributed by atoms with Gasteiger partial charge in [-0.05, 0) is 145 Å². The summed E-state index contributed by atoms with van der Waals surface area (Å²) >= 11 is 6.05. The number of aromatic nitrogens is 10. The van der Waals surface area contributed by atoms with Crippen LogP contribution in [-0.4, -0.2) is 212 Å². The van der Waals surface area contributed by atoms with Crippen LogP contribution in [0.5, 0.6) is 0 Å². The molecule has 15 aromatic rings. The third-order valence-corrected chi connectivity index (χ3v) is 32.9. The van der Waals surface area contributed by atoms with E-state index >= 15 is 0 Å². The van der Waals surface area contributed by atoms with Gasteiger partial charge in [0.2, 0.25) is 0 Å². The van der Waals surface area contributed by atoms with E-state index in [2.05, 4.69) is 204 Å². The normalized spacial score (nSPS) is 19.7. The number of thiophene rings is 5. The Labute approximate surface area is 863 Å². The average molecular weight is 2120 g/mol. The molecule has 6 fully saturated rings. The third kappa shape index (κ3) is 29.0. The Morgan fingerprint density at radius 1 is 0.415 bits per heavy atom. The number of benzene rings is 5. The number of hydrogen-bond acceptors (Lipinski definition) is 29. The molecule has 1 aliphatic carbocycles. The molecule has 6 aliphatic heterocycles. The Morgan fingerprint density at radius 2 is 0.789 bits per heavy atom. The van der Waals surface area contributed by atoms with Crippen LogP contribution >= 0.6 is 56.7 Å². The lowest BCUT2D eigenvalue weighted by Gasteiger charge is -2.41.